The molecule has 9 heteroatoms. The van der Waals surface area contributed by atoms with Crippen molar-refractivity contribution in [2.45, 2.75) is 45.8 Å². The second-order valence-corrected chi connectivity index (χ2v) is 7.54. The predicted octanol–water partition coefficient (Wildman–Crippen LogP) is 1.89. The first-order chi connectivity index (χ1) is 14.2. The lowest BCUT2D eigenvalue weighted by Crippen LogP contribution is -2.46. The number of urea groups is 1. The topological polar surface area (TPSA) is 93.5 Å². The summed E-state index contributed by atoms with van der Waals surface area (Å²) in [5, 5.41) is 12.3. The lowest BCUT2D eigenvalue weighted by atomic mass is 10.0. The normalized spacial score (nSPS) is 18.2. The largest absolute Gasteiger partial charge is 0.381 e. The monoisotopic (exact) mass is 402 g/mol. The SMILES string of the molecule is CCn1ncc2c(NC3CCOCC3)c(CNC(=O)N3CCOCC3)c(C)nc21. The second-order valence-electron chi connectivity index (χ2n) is 7.54. The minimum Gasteiger partial charge on any atom is -0.381 e. The van der Waals surface area contributed by atoms with Gasteiger partial charge in [0.15, 0.2) is 5.65 Å². The van der Waals surface area contributed by atoms with Crippen molar-refractivity contribution in [1.29, 1.82) is 0 Å². The molecule has 2 aromatic rings. The average Bonchev–Trinajstić information content (AvgIpc) is 3.17. The quantitative estimate of drug-likeness (QED) is 0.793. The van der Waals surface area contributed by atoms with Gasteiger partial charge >= 0.3 is 6.03 Å². The van der Waals surface area contributed by atoms with Crippen LogP contribution in [-0.2, 0) is 22.6 Å². The van der Waals surface area contributed by atoms with E-state index in [9.17, 15) is 4.79 Å². The lowest BCUT2D eigenvalue weighted by molar-refractivity contribution is 0.0531. The number of ether oxygens (including phenoxy) is 2. The summed E-state index contributed by atoms with van der Waals surface area (Å²) in [6, 6.07) is 0.279. The van der Waals surface area contributed by atoms with Gasteiger partial charge in [0.1, 0.15) is 0 Å². The third kappa shape index (κ3) is 4.30. The fraction of sp³-hybridized carbons (Fsp3) is 0.650. The molecule has 29 heavy (non-hydrogen) atoms. The molecule has 0 aromatic carbocycles. The fourth-order valence-electron chi connectivity index (χ4n) is 3.94. The number of aryl methyl sites for hydroxylation is 2. The number of carbonyl (C=O) groups is 1. The van der Waals surface area contributed by atoms with Gasteiger partial charge in [0.25, 0.3) is 0 Å². The van der Waals surface area contributed by atoms with E-state index < -0.39 is 0 Å². The van der Waals surface area contributed by atoms with Crippen LogP contribution in [0.25, 0.3) is 11.0 Å². The number of anilines is 1. The summed E-state index contributed by atoms with van der Waals surface area (Å²) in [5.41, 5.74) is 3.83. The van der Waals surface area contributed by atoms with Crippen molar-refractivity contribution in [3.8, 4) is 0 Å². The van der Waals surface area contributed by atoms with Crippen molar-refractivity contribution in [2.75, 3.05) is 44.8 Å². The molecular weight excluding hydrogens is 372 g/mol. The summed E-state index contributed by atoms with van der Waals surface area (Å²) in [6.45, 7) is 9.21. The smallest absolute Gasteiger partial charge is 0.317 e. The Labute approximate surface area is 170 Å². The number of aromatic nitrogens is 3. The number of carbonyl (C=O) groups excluding carboxylic acids is 1. The molecule has 2 saturated heterocycles. The first-order valence-corrected chi connectivity index (χ1v) is 10.5. The minimum atomic E-state index is -0.0610. The Balaban J connectivity index is 1.61. The zero-order chi connectivity index (χ0) is 20.2. The molecule has 0 bridgehead atoms. The molecule has 2 aliphatic rings. The molecule has 9 nitrogen and oxygen atoms in total. The second kappa shape index (κ2) is 8.96. The maximum absolute atomic E-state index is 12.6. The molecule has 0 atom stereocenters. The highest BCUT2D eigenvalue weighted by Crippen LogP contribution is 2.30. The van der Waals surface area contributed by atoms with Crippen molar-refractivity contribution >= 4 is 22.8 Å². The highest BCUT2D eigenvalue weighted by molar-refractivity contribution is 5.91. The van der Waals surface area contributed by atoms with Crippen molar-refractivity contribution in [2.24, 2.45) is 0 Å². The van der Waals surface area contributed by atoms with Crippen LogP contribution in [0, 0.1) is 6.92 Å². The van der Waals surface area contributed by atoms with E-state index in [1.165, 1.54) is 0 Å². The van der Waals surface area contributed by atoms with E-state index in [-0.39, 0.29) is 6.03 Å². The molecule has 2 aliphatic heterocycles. The van der Waals surface area contributed by atoms with E-state index in [1.807, 2.05) is 17.8 Å². The van der Waals surface area contributed by atoms with Crippen LogP contribution in [0.1, 0.15) is 31.0 Å². The van der Waals surface area contributed by atoms with Crippen molar-refractivity contribution in [3.63, 3.8) is 0 Å². The maximum atomic E-state index is 12.6. The molecule has 0 unspecified atom stereocenters. The number of morpholine rings is 1. The van der Waals surface area contributed by atoms with Gasteiger partial charge in [-0.05, 0) is 26.7 Å². The molecule has 0 spiro atoms. The van der Waals surface area contributed by atoms with Crippen molar-refractivity contribution in [3.05, 3.63) is 17.5 Å². The number of nitrogens with one attached hydrogen (secondary N) is 2. The Morgan fingerprint density at radius 1 is 1.21 bits per heavy atom. The molecule has 158 valence electrons. The zero-order valence-electron chi connectivity index (χ0n) is 17.2. The van der Waals surface area contributed by atoms with Crippen LogP contribution in [0.5, 0.6) is 0 Å². The number of rotatable bonds is 5. The lowest BCUT2D eigenvalue weighted by Gasteiger charge is -2.28. The molecule has 4 heterocycles. The molecule has 0 aliphatic carbocycles. The Bertz CT molecular complexity index is 856. The molecule has 2 aromatic heterocycles. The molecule has 2 N–H and O–H groups in total. The third-order valence-electron chi connectivity index (χ3n) is 5.68. The molecule has 4 rings (SSSR count). The number of hydrogen-bond acceptors (Lipinski definition) is 6. The van der Waals surface area contributed by atoms with Crippen LogP contribution < -0.4 is 10.6 Å². The fourth-order valence-corrected chi connectivity index (χ4v) is 3.94. The molecule has 2 amide bonds. The van der Waals surface area contributed by atoms with Crippen molar-refractivity contribution in [1.82, 2.24) is 25.0 Å². The third-order valence-corrected chi connectivity index (χ3v) is 5.68. The van der Waals surface area contributed by atoms with Gasteiger partial charge < -0.3 is 25.0 Å². The summed E-state index contributed by atoms with van der Waals surface area (Å²) < 4.78 is 12.8. The van der Waals surface area contributed by atoms with E-state index >= 15 is 0 Å². The van der Waals surface area contributed by atoms with Crippen LogP contribution in [-0.4, -0.2) is 71.3 Å². The van der Waals surface area contributed by atoms with Gasteiger partial charge in [-0.2, -0.15) is 5.10 Å². The van der Waals surface area contributed by atoms with Gasteiger partial charge in [-0.1, -0.05) is 0 Å². The highest BCUT2D eigenvalue weighted by Gasteiger charge is 2.22. The highest BCUT2D eigenvalue weighted by atomic mass is 16.5. The van der Waals surface area contributed by atoms with E-state index in [4.69, 9.17) is 14.5 Å². The van der Waals surface area contributed by atoms with Crippen LogP contribution in [0.4, 0.5) is 10.5 Å². The summed E-state index contributed by atoms with van der Waals surface area (Å²) in [5.74, 6) is 0. The van der Waals surface area contributed by atoms with Gasteiger partial charge in [-0.15, -0.1) is 0 Å². The number of nitrogens with zero attached hydrogens (tertiary/aromatic N) is 4. The Hall–Kier alpha value is -2.39. The molecule has 2 fully saturated rings. The van der Waals surface area contributed by atoms with E-state index in [0.29, 0.717) is 38.9 Å². The molecule has 0 radical (unpaired) electrons. The summed E-state index contributed by atoms with van der Waals surface area (Å²) in [4.78, 5) is 19.2. The molecule has 0 saturated carbocycles. The van der Waals surface area contributed by atoms with Gasteiger partial charge in [0.05, 0.1) is 30.5 Å². The summed E-state index contributed by atoms with van der Waals surface area (Å²) in [7, 11) is 0. The molecular formula is C20H30N6O3. The first-order valence-electron chi connectivity index (χ1n) is 10.5. The van der Waals surface area contributed by atoms with Crippen LogP contribution >= 0.6 is 0 Å². The zero-order valence-corrected chi connectivity index (χ0v) is 17.2. The Morgan fingerprint density at radius 2 is 1.93 bits per heavy atom. The number of amides is 2. The standard InChI is InChI=1S/C20H30N6O3/c1-3-26-19-17(13-22-26)18(24-15-4-8-28-9-5-15)16(14(2)23-19)12-21-20(27)25-6-10-29-11-7-25/h13,15H,3-12H2,1-2H3,(H,21,27)(H,23,24). The van der Waals surface area contributed by atoms with Gasteiger partial charge in [0, 0.05) is 56.7 Å². The van der Waals surface area contributed by atoms with E-state index in [0.717, 1.165) is 60.6 Å². The minimum absolute atomic E-state index is 0.0610. The van der Waals surface area contributed by atoms with E-state index in [2.05, 4.69) is 22.7 Å². The van der Waals surface area contributed by atoms with Gasteiger partial charge in [-0.3, -0.25) is 0 Å². The van der Waals surface area contributed by atoms with Crippen LogP contribution in [0.15, 0.2) is 6.20 Å². The summed E-state index contributed by atoms with van der Waals surface area (Å²) >= 11 is 0. The number of pyridine rings is 1. The number of fused-ring (bicyclic) bond motifs is 1. The Kier molecular flexibility index (Phi) is 6.15. The van der Waals surface area contributed by atoms with E-state index in [1.54, 1.807) is 4.90 Å². The van der Waals surface area contributed by atoms with Crippen LogP contribution in [0.3, 0.4) is 0 Å². The van der Waals surface area contributed by atoms with Crippen molar-refractivity contribution < 1.29 is 14.3 Å². The van der Waals surface area contributed by atoms with Gasteiger partial charge in [0.2, 0.25) is 0 Å². The maximum Gasteiger partial charge on any atom is 0.317 e. The van der Waals surface area contributed by atoms with Gasteiger partial charge in [-0.25, -0.2) is 14.5 Å². The average molecular weight is 402 g/mol. The van der Waals surface area contributed by atoms with Crippen LogP contribution in [0.2, 0.25) is 0 Å². The number of hydrogen-bond donors (Lipinski definition) is 2. The predicted molar refractivity (Wildman–Crippen MR) is 110 cm³/mol. The first kappa shape index (κ1) is 19.9. The Morgan fingerprint density at radius 3 is 2.66 bits per heavy atom. The summed E-state index contributed by atoms with van der Waals surface area (Å²) in [6.07, 6.45) is 3.80.